The second-order valence-corrected chi connectivity index (χ2v) is 3.32. The first kappa shape index (κ1) is 10.8. The third-order valence-electron chi connectivity index (χ3n) is 1.59. The molecule has 0 atom stereocenters. The van der Waals surface area contributed by atoms with Gasteiger partial charge in [0.05, 0.1) is 0 Å². The van der Waals surface area contributed by atoms with Crippen LogP contribution in [0.2, 0.25) is 0 Å². The van der Waals surface area contributed by atoms with Gasteiger partial charge in [-0.15, -0.1) is 0 Å². The SMILES string of the molecule is C=NNC(=NC)c1cc(F)ccc1Br. The first-order valence-corrected chi connectivity index (χ1v) is 4.62. The van der Waals surface area contributed by atoms with Crippen molar-refractivity contribution in [1.82, 2.24) is 5.43 Å². The van der Waals surface area contributed by atoms with Crippen LogP contribution < -0.4 is 5.43 Å². The monoisotopic (exact) mass is 257 g/mol. The highest BCUT2D eigenvalue weighted by Crippen LogP contribution is 2.17. The zero-order chi connectivity index (χ0) is 10.6. The normalized spacial score (nSPS) is 11.2. The van der Waals surface area contributed by atoms with Crippen molar-refractivity contribution in [2.24, 2.45) is 10.1 Å². The molecule has 14 heavy (non-hydrogen) atoms. The van der Waals surface area contributed by atoms with Gasteiger partial charge >= 0.3 is 0 Å². The molecule has 0 unspecified atom stereocenters. The van der Waals surface area contributed by atoms with Gasteiger partial charge in [-0.2, -0.15) is 5.10 Å². The van der Waals surface area contributed by atoms with E-state index in [1.54, 1.807) is 13.1 Å². The molecule has 0 spiro atoms. The lowest BCUT2D eigenvalue weighted by Crippen LogP contribution is -2.19. The number of hydrogen-bond acceptors (Lipinski definition) is 2. The fourth-order valence-corrected chi connectivity index (χ4v) is 1.42. The van der Waals surface area contributed by atoms with E-state index >= 15 is 0 Å². The van der Waals surface area contributed by atoms with Crippen LogP contribution in [0.3, 0.4) is 0 Å². The molecule has 0 aromatic heterocycles. The summed E-state index contributed by atoms with van der Waals surface area (Å²) in [6.45, 7) is 3.28. The summed E-state index contributed by atoms with van der Waals surface area (Å²) < 4.78 is 13.7. The maximum absolute atomic E-state index is 12.9. The molecule has 0 saturated heterocycles. The highest BCUT2D eigenvalue weighted by atomic mass is 79.9. The zero-order valence-electron chi connectivity index (χ0n) is 7.59. The quantitative estimate of drug-likeness (QED) is 0.492. The number of amidine groups is 1. The maximum atomic E-state index is 12.9. The maximum Gasteiger partial charge on any atom is 0.149 e. The molecule has 1 rings (SSSR count). The Hall–Kier alpha value is -1.23. The molecule has 1 aromatic rings. The molecule has 1 N–H and O–H groups in total. The molecule has 0 aliphatic carbocycles. The average molecular weight is 258 g/mol. The van der Waals surface area contributed by atoms with Gasteiger partial charge in [0.25, 0.3) is 0 Å². The summed E-state index contributed by atoms with van der Waals surface area (Å²) in [5.74, 6) is 0.140. The van der Waals surface area contributed by atoms with Crippen molar-refractivity contribution >= 4 is 28.5 Å². The second kappa shape index (κ2) is 4.85. The Bertz CT molecular complexity index is 376. The van der Waals surface area contributed by atoms with Crippen LogP contribution in [-0.4, -0.2) is 19.6 Å². The van der Waals surface area contributed by atoms with E-state index in [1.165, 1.54) is 12.1 Å². The standard InChI is InChI=1S/C9H9BrFN3/c1-12-9(14-13-2)7-5-6(11)3-4-8(7)10/h3-5H,2H2,1H3,(H,12,14). The van der Waals surface area contributed by atoms with Gasteiger partial charge in [-0.3, -0.25) is 10.4 Å². The molecule has 0 bridgehead atoms. The molecule has 5 heteroatoms. The topological polar surface area (TPSA) is 36.8 Å². The summed E-state index contributed by atoms with van der Waals surface area (Å²) in [6, 6.07) is 4.34. The number of nitrogens with zero attached hydrogens (tertiary/aromatic N) is 2. The van der Waals surface area contributed by atoms with E-state index < -0.39 is 0 Å². The summed E-state index contributed by atoms with van der Waals surface area (Å²) >= 11 is 3.29. The molecule has 0 amide bonds. The first-order valence-electron chi connectivity index (χ1n) is 3.83. The van der Waals surface area contributed by atoms with Gasteiger partial charge in [0.2, 0.25) is 0 Å². The number of hydrogen-bond donors (Lipinski definition) is 1. The summed E-state index contributed by atoms with van der Waals surface area (Å²) in [4.78, 5) is 3.93. The lowest BCUT2D eigenvalue weighted by Gasteiger charge is -2.06. The second-order valence-electron chi connectivity index (χ2n) is 2.47. The number of hydrazone groups is 1. The molecule has 3 nitrogen and oxygen atoms in total. The van der Waals surface area contributed by atoms with Crippen molar-refractivity contribution in [3.63, 3.8) is 0 Å². The lowest BCUT2D eigenvalue weighted by atomic mass is 10.2. The van der Waals surface area contributed by atoms with Crippen LogP contribution in [0.25, 0.3) is 0 Å². The summed E-state index contributed by atoms with van der Waals surface area (Å²) in [5, 5.41) is 3.48. The van der Waals surface area contributed by atoms with Crippen molar-refractivity contribution in [3.8, 4) is 0 Å². The highest BCUT2D eigenvalue weighted by Gasteiger charge is 2.07. The fraction of sp³-hybridized carbons (Fsp3) is 0.111. The van der Waals surface area contributed by atoms with Crippen LogP contribution in [0.15, 0.2) is 32.8 Å². The Balaban J connectivity index is 3.15. The van der Waals surface area contributed by atoms with E-state index in [2.05, 4.69) is 38.2 Å². The predicted molar refractivity (Wildman–Crippen MR) is 59.2 cm³/mol. The van der Waals surface area contributed by atoms with E-state index in [0.29, 0.717) is 11.4 Å². The lowest BCUT2D eigenvalue weighted by molar-refractivity contribution is 0.627. The summed E-state index contributed by atoms with van der Waals surface area (Å²) in [7, 11) is 1.59. The van der Waals surface area contributed by atoms with Crippen LogP contribution in [0.5, 0.6) is 0 Å². The van der Waals surface area contributed by atoms with Gasteiger partial charge in [0.1, 0.15) is 11.7 Å². The molecule has 0 heterocycles. The zero-order valence-corrected chi connectivity index (χ0v) is 9.18. The van der Waals surface area contributed by atoms with E-state index in [1.807, 2.05) is 0 Å². The molecule has 1 aromatic carbocycles. The minimum atomic E-state index is -0.324. The van der Waals surface area contributed by atoms with E-state index in [-0.39, 0.29) is 5.82 Å². The average Bonchev–Trinajstić information content (AvgIpc) is 2.18. The van der Waals surface area contributed by atoms with Crippen molar-refractivity contribution < 1.29 is 4.39 Å². The Kier molecular flexibility index (Phi) is 3.76. The number of halogens is 2. The van der Waals surface area contributed by atoms with Crippen molar-refractivity contribution in [1.29, 1.82) is 0 Å². The van der Waals surface area contributed by atoms with Gasteiger partial charge in [-0.25, -0.2) is 4.39 Å². The summed E-state index contributed by atoms with van der Waals surface area (Å²) in [5.41, 5.74) is 3.19. The van der Waals surface area contributed by atoms with E-state index in [4.69, 9.17) is 0 Å². The minimum Gasteiger partial charge on any atom is -0.270 e. The van der Waals surface area contributed by atoms with Crippen molar-refractivity contribution in [2.75, 3.05) is 7.05 Å². The van der Waals surface area contributed by atoms with Crippen LogP contribution in [0, 0.1) is 5.82 Å². The Morgan fingerprint density at radius 1 is 1.57 bits per heavy atom. The van der Waals surface area contributed by atoms with Gasteiger partial charge in [0.15, 0.2) is 0 Å². The molecule has 0 fully saturated rings. The number of aliphatic imine (C=N–C) groups is 1. The molecule has 0 radical (unpaired) electrons. The Morgan fingerprint density at radius 2 is 2.29 bits per heavy atom. The van der Waals surface area contributed by atoms with Crippen LogP contribution in [0.1, 0.15) is 5.56 Å². The van der Waals surface area contributed by atoms with Gasteiger partial charge < -0.3 is 0 Å². The van der Waals surface area contributed by atoms with Crippen molar-refractivity contribution in [3.05, 3.63) is 34.1 Å². The van der Waals surface area contributed by atoms with E-state index in [9.17, 15) is 4.39 Å². The Labute approximate surface area is 89.9 Å². The molecule has 0 aliphatic heterocycles. The van der Waals surface area contributed by atoms with Gasteiger partial charge in [0, 0.05) is 23.8 Å². The third-order valence-corrected chi connectivity index (χ3v) is 2.28. The molecule has 74 valence electrons. The van der Waals surface area contributed by atoms with Gasteiger partial charge in [-0.1, -0.05) is 15.9 Å². The smallest absolute Gasteiger partial charge is 0.149 e. The minimum absolute atomic E-state index is 0.324. The highest BCUT2D eigenvalue weighted by molar-refractivity contribution is 9.10. The number of benzene rings is 1. The first-order chi connectivity index (χ1) is 6.69. The third kappa shape index (κ3) is 2.38. The van der Waals surface area contributed by atoms with Crippen LogP contribution >= 0.6 is 15.9 Å². The fourth-order valence-electron chi connectivity index (χ4n) is 0.985. The molecule has 0 saturated carbocycles. The molecular weight excluding hydrogens is 249 g/mol. The van der Waals surface area contributed by atoms with Crippen molar-refractivity contribution in [2.45, 2.75) is 0 Å². The number of nitrogens with one attached hydrogen (secondary N) is 1. The largest absolute Gasteiger partial charge is 0.270 e. The van der Waals surface area contributed by atoms with Gasteiger partial charge in [-0.05, 0) is 18.2 Å². The van der Waals surface area contributed by atoms with E-state index in [0.717, 1.165) is 4.47 Å². The number of rotatable bonds is 2. The Morgan fingerprint density at radius 3 is 2.86 bits per heavy atom. The predicted octanol–water partition coefficient (Wildman–Crippen LogP) is 2.17. The van der Waals surface area contributed by atoms with Crippen LogP contribution in [0.4, 0.5) is 4.39 Å². The molecule has 0 aliphatic rings. The summed E-state index contributed by atoms with van der Waals surface area (Å²) in [6.07, 6.45) is 0. The van der Waals surface area contributed by atoms with Crippen LogP contribution in [-0.2, 0) is 0 Å². The molecular formula is C9H9BrFN3.